The highest BCUT2D eigenvalue weighted by molar-refractivity contribution is 7.10. The van der Waals surface area contributed by atoms with Gasteiger partial charge in [-0.1, -0.05) is 33.8 Å². The molecule has 4 atom stereocenters. The molecule has 3 saturated heterocycles. The molecular formula is C48H65N9O8S. The molecular weight excluding hydrogens is 863 g/mol. The largest absolute Gasteiger partial charge is 0.462 e. The number of carbonyl (C=O) groups is 4. The number of likely N-dealkylation sites (N-methyl/N-ethyl adjacent to an activating group) is 2. The van der Waals surface area contributed by atoms with Crippen LogP contribution in [0.25, 0.3) is 33.4 Å². The first-order valence-corrected chi connectivity index (χ1v) is 24.0. The Balaban J connectivity index is 1.17. The SMILES string of the molecule is CCn1c(-c2cccnc2[C@H](C)OC)c2c3cc(ccc31)-c1csc(n1)C[C@H](NC(=O)[C@H](C(C)C)N(C)C(=O)N1CCOC3(CN(C)C3)C1)C(=O)N1CCC[C@@](O)(N1)C(=O)OCC(C)(C)C2. The topological polar surface area (TPSA) is 184 Å². The first kappa shape index (κ1) is 47.5. The number of hydrogen-bond donors (Lipinski definition) is 3. The zero-order valence-electron chi connectivity index (χ0n) is 39.7. The van der Waals surface area contributed by atoms with E-state index in [1.807, 2.05) is 53.1 Å². The van der Waals surface area contributed by atoms with Crippen LogP contribution in [0.4, 0.5) is 4.79 Å². The Morgan fingerprint density at radius 1 is 1.14 bits per heavy atom. The van der Waals surface area contributed by atoms with Gasteiger partial charge in [0.2, 0.25) is 11.6 Å². The van der Waals surface area contributed by atoms with Crippen LogP contribution in [-0.4, -0.2) is 154 Å². The lowest BCUT2D eigenvalue weighted by Crippen LogP contribution is -2.70. The summed E-state index contributed by atoms with van der Waals surface area (Å²) in [6, 6.07) is 7.90. The van der Waals surface area contributed by atoms with Gasteiger partial charge in [0, 0.05) is 98.7 Å². The molecule has 0 radical (unpaired) electrons. The van der Waals surface area contributed by atoms with Gasteiger partial charge in [0.05, 0.1) is 48.0 Å². The van der Waals surface area contributed by atoms with Crippen LogP contribution in [-0.2, 0) is 48.0 Å². The number of nitrogens with one attached hydrogen (secondary N) is 2. The lowest BCUT2D eigenvalue weighted by molar-refractivity contribution is -0.189. The second-order valence-electron chi connectivity index (χ2n) is 19.7. The van der Waals surface area contributed by atoms with Gasteiger partial charge in [0.1, 0.15) is 17.7 Å². The highest BCUT2D eigenvalue weighted by Crippen LogP contribution is 2.42. The number of benzene rings is 1. The number of esters is 1. The highest BCUT2D eigenvalue weighted by atomic mass is 32.1. The Hall–Kier alpha value is -4.98. The van der Waals surface area contributed by atoms with Gasteiger partial charge in [0.25, 0.3) is 5.91 Å². The molecule has 3 aromatic heterocycles. The molecule has 4 aromatic rings. The van der Waals surface area contributed by atoms with Crippen molar-refractivity contribution in [2.24, 2.45) is 11.3 Å². The summed E-state index contributed by atoms with van der Waals surface area (Å²) >= 11 is 1.38. The van der Waals surface area contributed by atoms with Gasteiger partial charge in [-0.05, 0) is 69.5 Å². The van der Waals surface area contributed by atoms with Crippen LogP contribution in [0.2, 0.25) is 0 Å². The smallest absolute Gasteiger partial charge is 0.355 e. The third kappa shape index (κ3) is 9.19. The third-order valence-corrected chi connectivity index (χ3v) is 14.4. The van der Waals surface area contributed by atoms with E-state index in [0.29, 0.717) is 43.4 Å². The van der Waals surface area contributed by atoms with Gasteiger partial charge in [-0.2, -0.15) is 5.43 Å². The summed E-state index contributed by atoms with van der Waals surface area (Å²) in [6.07, 6.45) is 2.29. The van der Waals surface area contributed by atoms with Crippen LogP contribution in [0.15, 0.2) is 41.9 Å². The predicted molar refractivity (Wildman–Crippen MR) is 250 cm³/mol. The number of hydrazine groups is 1. The fraction of sp³-hybridized carbons (Fsp3) is 0.583. The quantitative estimate of drug-likeness (QED) is 0.209. The molecule has 4 aliphatic heterocycles. The second kappa shape index (κ2) is 18.6. The third-order valence-electron chi connectivity index (χ3n) is 13.5. The van der Waals surface area contributed by atoms with E-state index in [2.05, 4.69) is 51.4 Å². The minimum Gasteiger partial charge on any atom is -0.462 e. The van der Waals surface area contributed by atoms with Crippen LogP contribution >= 0.6 is 11.3 Å². The summed E-state index contributed by atoms with van der Waals surface area (Å²) in [5.74, 6) is -2.30. The van der Waals surface area contributed by atoms with E-state index >= 15 is 0 Å². The molecule has 1 aromatic carbocycles. The van der Waals surface area contributed by atoms with Crippen molar-refractivity contribution in [2.45, 2.75) is 103 Å². The number of methoxy groups -OCH3 is 1. The average Bonchev–Trinajstić information content (AvgIpc) is 3.87. The van der Waals surface area contributed by atoms with Crippen molar-refractivity contribution in [3.63, 3.8) is 0 Å². The molecule has 356 valence electrons. The van der Waals surface area contributed by atoms with Crippen molar-refractivity contribution >= 4 is 46.1 Å². The van der Waals surface area contributed by atoms with Crippen molar-refractivity contribution in [3.05, 3.63) is 58.2 Å². The van der Waals surface area contributed by atoms with E-state index < -0.39 is 46.6 Å². The second-order valence-corrected chi connectivity index (χ2v) is 20.6. The number of amides is 4. The number of likely N-dealkylation sites (tertiary alicyclic amines) is 1. The number of aryl methyl sites for hydroxylation is 1. The van der Waals surface area contributed by atoms with Gasteiger partial charge < -0.3 is 43.9 Å². The first-order valence-electron chi connectivity index (χ1n) is 23.1. The predicted octanol–water partition coefficient (Wildman–Crippen LogP) is 4.62. The molecule has 6 bridgehead atoms. The van der Waals surface area contributed by atoms with Gasteiger partial charge >= 0.3 is 12.0 Å². The van der Waals surface area contributed by atoms with Gasteiger partial charge in [-0.15, -0.1) is 11.3 Å². The van der Waals surface area contributed by atoms with Gasteiger partial charge in [0.15, 0.2) is 0 Å². The Labute approximate surface area is 390 Å². The normalized spacial score (nSPS) is 23.3. The van der Waals surface area contributed by atoms with E-state index in [0.717, 1.165) is 52.1 Å². The van der Waals surface area contributed by atoms with E-state index in [-0.39, 0.29) is 50.5 Å². The molecule has 7 heterocycles. The molecule has 18 heteroatoms. The number of aromatic nitrogens is 3. The van der Waals surface area contributed by atoms with Crippen LogP contribution in [0.5, 0.6) is 0 Å². The van der Waals surface area contributed by atoms with Crippen LogP contribution in [0.1, 0.15) is 76.8 Å². The van der Waals surface area contributed by atoms with Crippen LogP contribution < -0.4 is 10.7 Å². The molecule has 1 spiro atoms. The van der Waals surface area contributed by atoms with E-state index in [9.17, 15) is 24.3 Å². The fourth-order valence-electron chi connectivity index (χ4n) is 10.3. The maximum absolute atomic E-state index is 14.7. The number of pyridine rings is 1. The molecule has 0 aliphatic carbocycles. The van der Waals surface area contributed by atoms with Gasteiger partial charge in [-0.3, -0.25) is 19.6 Å². The van der Waals surface area contributed by atoms with Crippen molar-refractivity contribution in [1.29, 1.82) is 0 Å². The number of aliphatic hydroxyl groups is 1. The number of hydrogen-bond acceptors (Lipinski definition) is 13. The van der Waals surface area contributed by atoms with Crippen molar-refractivity contribution < 1.29 is 38.5 Å². The summed E-state index contributed by atoms with van der Waals surface area (Å²) < 4.78 is 20.2. The zero-order chi connectivity index (χ0) is 47.3. The summed E-state index contributed by atoms with van der Waals surface area (Å²) in [5, 5.41) is 19.6. The molecule has 8 rings (SSSR count). The number of fused-ring (bicyclic) bond motifs is 6. The van der Waals surface area contributed by atoms with Crippen LogP contribution in [0, 0.1) is 11.3 Å². The number of cyclic esters (lactones) is 1. The Bertz CT molecular complexity index is 2480. The summed E-state index contributed by atoms with van der Waals surface area (Å²) in [4.78, 5) is 72.5. The number of rotatable bonds is 8. The molecule has 17 nitrogen and oxygen atoms in total. The standard InChI is InChI=1S/C48H65N9O8S/c1-10-56-37-15-14-31-21-33(37)34(41(56)32-13-11-17-49-39(32)30(4)63-9)23-46(5,6)28-64-44(60)48(62)16-12-18-57(52-48)43(59)35(22-38-50-36(31)24-66-38)51-42(58)40(29(2)3)54(8)45(61)55-19-20-65-47(27-55)25-53(7)26-47/h11,13-15,17,21,24,29-30,35,40,52,62H,10,12,16,18-20,22-23,25-28H2,1-9H3,(H,51,58)/t30-,35-,40-,48-/m0/s1. The highest BCUT2D eigenvalue weighted by Gasteiger charge is 2.49. The van der Waals surface area contributed by atoms with Crippen molar-refractivity contribution in [3.8, 4) is 22.5 Å². The number of thiazole rings is 1. The molecule has 4 amide bonds. The monoisotopic (exact) mass is 927 g/mol. The maximum Gasteiger partial charge on any atom is 0.355 e. The Morgan fingerprint density at radius 2 is 1.91 bits per heavy atom. The van der Waals surface area contributed by atoms with Crippen LogP contribution in [0.3, 0.4) is 0 Å². The minimum atomic E-state index is -2.21. The zero-order valence-corrected chi connectivity index (χ0v) is 40.5. The molecule has 3 N–H and O–H groups in total. The molecule has 3 fully saturated rings. The fourth-order valence-corrected chi connectivity index (χ4v) is 11.1. The molecule has 0 unspecified atom stereocenters. The number of morpholine rings is 1. The summed E-state index contributed by atoms with van der Waals surface area (Å²) in [5.41, 5.74) is 5.93. The maximum atomic E-state index is 14.7. The number of ether oxygens (including phenoxy) is 3. The number of carbonyl (C=O) groups excluding carboxylic acids is 4. The first-order chi connectivity index (χ1) is 31.4. The van der Waals surface area contributed by atoms with E-state index in [4.69, 9.17) is 24.2 Å². The summed E-state index contributed by atoms with van der Waals surface area (Å²) in [7, 11) is 5.30. The molecule has 0 saturated carbocycles. The summed E-state index contributed by atoms with van der Waals surface area (Å²) in [6.45, 7) is 15.3. The molecule has 4 aliphatic rings. The Kier molecular flexibility index (Phi) is 13.4. The lowest BCUT2D eigenvalue weighted by Gasteiger charge is -2.53. The van der Waals surface area contributed by atoms with Gasteiger partial charge in [-0.25, -0.2) is 14.6 Å². The van der Waals surface area contributed by atoms with E-state index in [1.165, 1.54) is 21.2 Å². The average molecular weight is 928 g/mol. The van der Waals surface area contributed by atoms with E-state index in [1.54, 1.807) is 25.3 Å². The number of nitrogens with zero attached hydrogens (tertiary/aromatic N) is 7. The molecule has 66 heavy (non-hydrogen) atoms. The Morgan fingerprint density at radius 3 is 2.62 bits per heavy atom. The van der Waals surface area contributed by atoms with Crippen molar-refractivity contribution in [1.82, 2.24) is 45.0 Å². The number of urea groups is 1. The minimum absolute atomic E-state index is 0.00271. The van der Waals surface area contributed by atoms with Crippen molar-refractivity contribution in [2.75, 3.05) is 67.1 Å². The lowest BCUT2D eigenvalue weighted by atomic mass is 9.84.